The van der Waals surface area contributed by atoms with Gasteiger partial charge in [-0.2, -0.15) is 13.2 Å². The summed E-state index contributed by atoms with van der Waals surface area (Å²) in [6.07, 6.45) is 0.0982. The largest absolute Gasteiger partial charge is 0.496 e. The smallest absolute Gasteiger partial charge is 0.446 e. The van der Waals surface area contributed by atoms with Crippen molar-refractivity contribution >= 4 is 11.8 Å². The van der Waals surface area contributed by atoms with Gasteiger partial charge in [-0.25, -0.2) is 0 Å². The van der Waals surface area contributed by atoms with Gasteiger partial charge in [0.25, 0.3) is 0 Å². The number of ether oxygens (including phenoxy) is 2. The molecule has 1 heterocycles. The summed E-state index contributed by atoms with van der Waals surface area (Å²) >= 11 is -0.140. The van der Waals surface area contributed by atoms with E-state index < -0.39 is 5.51 Å². The van der Waals surface area contributed by atoms with Crippen molar-refractivity contribution in [2.75, 3.05) is 20.2 Å². The maximum atomic E-state index is 12.7. The van der Waals surface area contributed by atoms with E-state index in [-0.39, 0.29) is 34.1 Å². The Bertz CT molecular complexity index is 549. The zero-order valence-corrected chi connectivity index (χ0v) is 14.6. The standard InChI is InChI=1S/C16H22F3NO2S/c1-11-8-20(10-15(2,3)22-11)9-12-5-6-13(21-4)14(7-12)23-16(17,18)19/h5-7,11H,8-10H2,1-4H3. The number of morpholine rings is 1. The molecule has 2 rings (SSSR count). The highest BCUT2D eigenvalue weighted by Crippen LogP contribution is 2.42. The Morgan fingerprint density at radius 3 is 2.65 bits per heavy atom. The zero-order valence-electron chi connectivity index (χ0n) is 13.7. The van der Waals surface area contributed by atoms with E-state index in [1.54, 1.807) is 12.1 Å². The number of benzene rings is 1. The molecule has 1 aromatic rings. The second-order valence-corrected chi connectivity index (χ2v) is 7.50. The topological polar surface area (TPSA) is 21.7 Å². The molecule has 1 fully saturated rings. The van der Waals surface area contributed by atoms with E-state index in [9.17, 15) is 13.2 Å². The first-order valence-electron chi connectivity index (χ1n) is 7.41. The van der Waals surface area contributed by atoms with E-state index in [1.165, 1.54) is 7.11 Å². The molecule has 1 aliphatic rings. The second kappa shape index (κ2) is 6.91. The van der Waals surface area contributed by atoms with Crippen LogP contribution in [-0.2, 0) is 11.3 Å². The average molecular weight is 349 g/mol. The van der Waals surface area contributed by atoms with Crippen molar-refractivity contribution in [3.63, 3.8) is 0 Å². The Morgan fingerprint density at radius 1 is 1.39 bits per heavy atom. The fraction of sp³-hybridized carbons (Fsp3) is 0.625. The lowest BCUT2D eigenvalue weighted by Gasteiger charge is -2.41. The Balaban J connectivity index is 2.15. The highest BCUT2D eigenvalue weighted by atomic mass is 32.2. The lowest BCUT2D eigenvalue weighted by molar-refractivity contribution is -0.130. The van der Waals surface area contributed by atoms with E-state index in [4.69, 9.17) is 9.47 Å². The summed E-state index contributed by atoms with van der Waals surface area (Å²) < 4.78 is 48.9. The third-order valence-corrected chi connectivity index (χ3v) is 4.27. The van der Waals surface area contributed by atoms with Gasteiger partial charge in [0.05, 0.1) is 23.7 Å². The van der Waals surface area contributed by atoms with Crippen LogP contribution in [0.3, 0.4) is 0 Å². The highest BCUT2D eigenvalue weighted by molar-refractivity contribution is 8.00. The molecule has 0 N–H and O–H groups in total. The van der Waals surface area contributed by atoms with Crippen LogP contribution in [-0.4, -0.2) is 42.3 Å². The molecule has 1 saturated heterocycles. The summed E-state index contributed by atoms with van der Waals surface area (Å²) in [4.78, 5) is 2.30. The molecular weight excluding hydrogens is 327 g/mol. The van der Waals surface area contributed by atoms with E-state index in [2.05, 4.69) is 4.90 Å². The fourth-order valence-electron chi connectivity index (χ4n) is 2.99. The first-order chi connectivity index (χ1) is 10.6. The minimum absolute atomic E-state index is 0.0954. The van der Waals surface area contributed by atoms with Crippen molar-refractivity contribution in [1.29, 1.82) is 0 Å². The molecular formula is C16H22F3NO2S. The molecule has 1 unspecified atom stereocenters. The van der Waals surface area contributed by atoms with Gasteiger partial charge in [0.15, 0.2) is 0 Å². The molecule has 1 aromatic carbocycles. The Kier molecular flexibility index (Phi) is 5.53. The molecule has 7 heteroatoms. The van der Waals surface area contributed by atoms with Crippen molar-refractivity contribution in [2.24, 2.45) is 0 Å². The van der Waals surface area contributed by atoms with Crippen LogP contribution in [0.15, 0.2) is 23.1 Å². The molecule has 0 aromatic heterocycles. The zero-order chi connectivity index (χ0) is 17.3. The molecule has 0 aliphatic carbocycles. The van der Waals surface area contributed by atoms with Crippen LogP contribution < -0.4 is 4.74 Å². The SMILES string of the molecule is COc1ccc(CN2CC(C)OC(C)(C)C2)cc1SC(F)(F)F. The summed E-state index contributed by atoms with van der Waals surface area (Å²) in [5.41, 5.74) is -3.75. The molecule has 0 radical (unpaired) electrons. The first-order valence-corrected chi connectivity index (χ1v) is 8.22. The van der Waals surface area contributed by atoms with E-state index in [1.807, 2.05) is 26.8 Å². The molecule has 23 heavy (non-hydrogen) atoms. The van der Waals surface area contributed by atoms with Gasteiger partial charge in [-0.15, -0.1) is 0 Å². The van der Waals surface area contributed by atoms with Gasteiger partial charge in [0.2, 0.25) is 0 Å². The lowest BCUT2D eigenvalue weighted by Crippen LogP contribution is -2.51. The molecule has 0 bridgehead atoms. The summed E-state index contributed by atoms with van der Waals surface area (Å²) in [6, 6.07) is 4.97. The normalized spacial score (nSPS) is 22.1. The molecule has 1 atom stereocenters. The van der Waals surface area contributed by atoms with Gasteiger partial charge >= 0.3 is 5.51 Å². The quantitative estimate of drug-likeness (QED) is 0.755. The number of alkyl halides is 3. The highest BCUT2D eigenvalue weighted by Gasteiger charge is 2.32. The minimum atomic E-state index is -4.33. The number of hydrogen-bond donors (Lipinski definition) is 0. The van der Waals surface area contributed by atoms with E-state index >= 15 is 0 Å². The number of thioether (sulfide) groups is 1. The van der Waals surface area contributed by atoms with Gasteiger partial charge in [0.1, 0.15) is 5.75 Å². The van der Waals surface area contributed by atoms with E-state index in [0.29, 0.717) is 6.54 Å². The van der Waals surface area contributed by atoms with Crippen LogP contribution in [0.5, 0.6) is 5.75 Å². The van der Waals surface area contributed by atoms with Gasteiger partial charge in [-0.1, -0.05) is 6.07 Å². The van der Waals surface area contributed by atoms with Crippen LogP contribution >= 0.6 is 11.8 Å². The van der Waals surface area contributed by atoms with Crippen molar-refractivity contribution in [2.45, 2.75) is 49.4 Å². The predicted octanol–water partition coefficient (Wildman–Crippen LogP) is 4.31. The van der Waals surface area contributed by atoms with Crippen molar-refractivity contribution in [3.05, 3.63) is 23.8 Å². The van der Waals surface area contributed by atoms with Crippen molar-refractivity contribution in [1.82, 2.24) is 4.90 Å². The number of halogens is 3. The molecule has 1 aliphatic heterocycles. The number of hydrogen-bond acceptors (Lipinski definition) is 4. The van der Waals surface area contributed by atoms with E-state index in [0.717, 1.165) is 18.7 Å². The Morgan fingerprint density at radius 2 is 2.09 bits per heavy atom. The first kappa shape index (κ1) is 18.4. The third-order valence-electron chi connectivity index (χ3n) is 3.50. The second-order valence-electron chi connectivity index (χ2n) is 6.39. The minimum Gasteiger partial charge on any atom is -0.496 e. The van der Waals surface area contributed by atoms with Gasteiger partial charge in [-0.05, 0) is 50.2 Å². The lowest BCUT2D eigenvalue weighted by atomic mass is 10.0. The summed E-state index contributed by atoms with van der Waals surface area (Å²) in [5, 5.41) is 0. The van der Waals surface area contributed by atoms with Crippen LogP contribution in [0.4, 0.5) is 13.2 Å². The number of methoxy groups -OCH3 is 1. The van der Waals surface area contributed by atoms with Gasteiger partial charge in [-0.3, -0.25) is 4.90 Å². The third kappa shape index (κ3) is 5.58. The molecule has 0 saturated carbocycles. The number of nitrogens with zero attached hydrogens (tertiary/aromatic N) is 1. The predicted molar refractivity (Wildman–Crippen MR) is 84.8 cm³/mol. The molecule has 0 spiro atoms. The monoisotopic (exact) mass is 349 g/mol. The van der Waals surface area contributed by atoms with Crippen LogP contribution in [0.2, 0.25) is 0 Å². The van der Waals surface area contributed by atoms with Crippen molar-refractivity contribution in [3.8, 4) is 5.75 Å². The summed E-state index contributed by atoms with van der Waals surface area (Å²) in [7, 11) is 1.38. The Hall–Kier alpha value is -0.920. The maximum Gasteiger partial charge on any atom is 0.446 e. The maximum absolute atomic E-state index is 12.7. The summed E-state index contributed by atoms with van der Waals surface area (Å²) in [5.74, 6) is 0.242. The fourth-order valence-corrected chi connectivity index (χ4v) is 3.70. The van der Waals surface area contributed by atoms with Crippen LogP contribution in [0.25, 0.3) is 0 Å². The van der Waals surface area contributed by atoms with Gasteiger partial charge in [0, 0.05) is 19.6 Å². The Labute approximate surface area is 139 Å². The average Bonchev–Trinajstić information content (AvgIpc) is 2.34. The van der Waals surface area contributed by atoms with Crippen LogP contribution in [0, 0.1) is 0 Å². The molecule has 0 amide bonds. The summed E-state index contributed by atoms with van der Waals surface area (Å²) in [6.45, 7) is 8.14. The van der Waals surface area contributed by atoms with Gasteiger partial charge < -0.3 is 9.47 Å². The van der Waals surface area contributed by atoms with Crippen LogP contribution in [0.1, 0.15) is 26.3 Å². The number of rotatable bonds is 4. The van der Waals surface area contributed by atoms with Crippen molar-refractivity contribution < 1.29 is 22.6 Å². The molecule has 130 valence electrons. The molecule has 3 nitrogen and oxygen atoms in total.